The third-order valence-corrected chi connectivity index (χ3v) is 3.16. The van der Waals surface area contributed by atoms with E-state index in [9.17, 15) is 9.59 Å². The Kier molecular flexibility index (Phi) is 4.83. The van der Waals surface area contributed by atoms with Crippen LogP contribution >= 0.6 is 0 Å². The van der Waals surface area contributed by atoms with Gasteiger partial charge in [-0.15, -0.1) is 0 Å². The van der Waals surface area contributed by atoms with Crippen LogP contribution in [0.2, 0.25) is 0 Å². The van der Waals surface area contributed by atoms with Gasteiger partial charge in [0, 0.05) is 18.1 Å². The molecule has 0 bridgehead atoms. The lowest BCUT2D eigenvalue weighted by atomic mass is 9.98. The zero-order valence-corrected chi connectivity index (χ0v) is 12.8. The molecule has 1 aromatic carbocycles. The first-order chi connectivity index (χ1) is 10.5. The zero-order valence-electron chi connectivity index (χ0n) is 12.8. The molecule has 114 valence electrons. The predicted molar refractivity (Wildman–Crippen MR) is 84.6 cm³/mol. The van der Waals surface area contributed by atoms with E-state index in [1.54, 1.807) is 6.07 Å². The van der Waals surface area contributed by atoms with Crippen LogP contribution in [0, 0.1) is 6.92 Å². The van der Waals surface area contributed by atoms with E-state index in [1.807, 2.05) is 39.0 Å². The summed E-state index contributed by atoms with van der Waals surface area (Å²) in [6, 6.07) is 7.38. The van der Waals surface area contributed by atoms with Crippen molar-refractivity contribution in [3.63, 3.8) is 0 Å². The van der Waals surface area contributed by atoms with Crippen LogP contribution in [0.3, 0.4) is 0 Å². The summed E-state index contributed by atoms with van der Waals surface area (Å²) in [5.74, 6) is -1.22. The number of rotatable bonds is 3. The smallest absolute Gasteiger partial charge is 0.316 e. The monoisotopic (exact) mass is 298 g/mol. The molecule has 0 atom stereocenters. The summed E-state index contributed by atoms with van der Waals surface area (Å²) in [6.45, 7) is 5.95. The molecule has 2 aromatic rings. The first-order valence-corrected chi connectivity index (χ1v) is 6.98. The van der Waals surface area contributed by atoms with Crippen molar-refractivity contribution in [3.8, 4) is 0 Å². The Morgan fingerprint density at radius 2 is 1.64 bits per heavy atom. The number of anilines is 2. The fourth-order valence-electron chi connectivity index (χ4n) is 2.03. The van der Waals surface area contributed by atoms with Gasteiger partial charge in [-0.3, -0.25) is 14.9 Å². The van der Waals surface area contributed by atoms with Crippen molar-refractivity contribution in [1.82, 2.24) is 9.97 Å². The van der Waals surface area contributed by atoms with E-state index in [-0.39, 0.29) is 11.9 Å². The van der Waals surface area contributed by atoms with Crippen LogP contribution in [0.4, 0.5) is 11.6 Å². The summed E-state index contributed by atoms with van der Waals surface area (Å²) >= 11 is 0. The first kappa shape index (κ1) is 15.6. The molecular formula is C16H18N4O2. The predicted octanol–water partition coefficient (Wildman–Crippen LogP) is 2.49. The highest BCUT2D eigenvalue weighted by Crippen LogP contribution is 2.27. The minimum atomic E-state index is -0.802. The van der Waals surface area contributed by atoms with Gasteiger partial charge >= 0.3 is 11.8 Å². The van der Waals surface area contributed by atoms with Crippen molar-refractivity contribution >= 4 is 23.5 Å². The van der Waals surface area contributed by atoms with E-state index in [0.29, 0.717) is 5.69 Å². The highest BCUT2D eigenvalue weighted by atomic mass is 16.2. The van der Waals surface area contributed by atoms with Gasteiger partial charge in [-0.05, 0) is 30.0 Å². The topological polar surface area (TPSA) is 84.0 Å². The molecule has 0 aliphatic carbocycles. The number of hydrogen-bond acceptors (Lipinski definition) is 4. The van der Waals surface area contributed by atoms with Crippen molar-refractivity contribution in [3.05, 3.63) is 47.8 Å². The molecule has 0 radical (unpaired) electrons. The number of nitrogens with one attached hydrogen (secondary N) is 2. The molecule has 1 heterocycles. The summed E-state index contributed by atoms with van der Waals surface area (Å²) in [7, 11) is 0. The number of aryl methyl sites for hydroxylation is 1. The fraction of sp³-hybridized carbons (Fsp3) is 0.250. The molecule has 6 heteroatoms. The van der Waals surface area contributed by atoms with Gasteiger partial charge in [-0.2, -0.15) is 0 Å². The van der Waals surface area contributed by atoms with Crippen molar-refractivity contribution in [2.24, 2.45) is 0 Å². The summed E-state index contributed by atoms with van der Waals surface area (Å²) in [4.78, 5) is 31.7. The Morgan fingerprint density at radius 1 is 1.00 bits per heavy atom. The highest BCUT2D eigenvalue weighted by Gasteiger charge is 2.18. The third kappa shape index (κ3) is 3.66. The molecule has 6 nitrogen and oxygen atoms in total. The maximum Gasteiger partial charge on any atom is 0.316 e. The molecule has 0 unspecified atom stereocenters. The highest BCUT2D eigenvalue weighted by molar-refractivity contribution is 6.43. The largest absolute Gasteiger partial charge is 0.317 e. The molecule has 0 saturated carbocycles. The van der Waals surface area contributed by atoms with Crippen LogP contribution < -0.4 is 10.6 Å². The van der Waals surface area contributed by atoms with E-state index in [1.165, 1.54) is 12.4 Å². The van der Waals surface area contributed by atoms with Crippen LogP contribution in [0.15, 0.2) is 36.7 Å². The molecule has 22 heavy (non-hydrogen) atoms. The summed E-state index contributed by atoms with van der Waals surface area (Å²) in [5, 5.41) is 5.03. The molecular weight excluding hydrogens is 280 g/mol. The fourth-order valence-corrected chi connectivity index (χ4v) is 2.03. The average Bonchev–Trinajstić information content (AvgIpc) is 2.49. The van der Waals surface area contributed by atoms with Gasteiger partial charge in [-0.25, -0.2) is 9.97 Å². The Morgan fingerprint density at radius 3 is 2.27 bits per heavy atom. The number of carbonyl (C=O) groups excluding carboxylic acids is 2. The van der Waals surface area contributed by atoms with Gasteiger partial charge in [0.2, 0.25) is 5.95 Å². The van der Waals surface area contributed by atoms with Crippen molar-refractivity contribution in [2.45, 2.75) is 26.7 Å². The van der Waals surface area contributed by atoms with Gasteiger partial charge < -0.3 is 5.32 Å². The van der Waals surface area contributed by atoms with Crippen LogP contribution in [-0.4, -0.2) is 21.8 Å². The van der Waals surface area contributed by atoms with E-state index in [2.05, 4.69) is 20.6 Å². The van der Waals surface area contributed by atoms with Crippen LogP contribution in [0.25, 0.3) is 0 Å². The number of carbonyl (C=O) groups is 2. The number of amides is 2. The molecule has 0 saturated heterocycles. The molecule has 1 aromatic heterocycles. The molecule has 2 N–H and O–H groups in total. The van der Waals surface area contributed by atoms with Crippen LogP contribution in [0.1, 0.15) is 30.9 Å². The van der Waals surface area contributed by atoms with E-state index < -0.39 is 11.8 Å². The van der Waals surface area contributed by atoms with E-state index >= 15 is 0 Å². The third-order valence-electron chi connectivity index (χ3n) is 3.16. The van der Waals surface area contributed by atoms with Gasteiger partial charge in [0.15, 0.2) is 0 Å². The van der Waals surface area contributed by atoms with E-state index in [4.69, 9.17) is 0 Å². The number of para-hydroxylation sites is 1. The van der Waals surface area contributed by atoms with Gasteiger partial charge in [0.25, 0.3) is 0 Å². The number of benzene rings is 1. The summed E-state index contributed by atoms with van der Waals surface area (Å²) in [6.07, 6.45) is 2.97. The second-order valence-electron chi connectivity index (χ2n) is 5.17. The maximum absolute atomic E-state index is 12.1. The van der Waals surface area contributed by atoms with Gasteiger partial charge in [0.1, 0.15) is 0 Å². The molecule has 0 spiro atoms. The van der Waals surface area contributed by atoms with Crippen LogP contribution in [-0.2, 0) is 9.59 Å². The molecule has 0 fully saturated rings. The van der Waals surface area contributed by atoms with Gasteiger partial charge in [-0.1, -0.05) is 32.0 Å². The van der Waals surface area contributed by atoms with Crippen molar-refractivity contribution < 1.29 is 9.59 Å². The van der Waals surface area contributed by atoms with Crippen molar-refractivity contribution in [1.29, 1.82) is 0 Å². The minimum absolute atomic E-state index is 0.0940. The lowest BCUT2D eigenvalue weighted by Gasteiger charge is -2.16. The number of nitrogens with zero attached hydrogens (tertiary/aromatic N) is 2. The first-order valence-electron chi connectivity index (χ1n) is 6.98. The average molecular weight is 298 g/mol. The standard InChI is InChI=1S/C16H18N4O2/c1-10(2)12-7-4-6-11(3)13(12)19-14(21)15(22)20-16-17-8-5-9-18-16/h4-10H,1-3H3,(H,19,21)(H,17,18,20,22). The second kappa shape index (κ2) is 6.80. The normalized spacial score (nSPS) is 10.4. The lowest BCUT2D eigenvalue weighted by molar-refractivity contribution is -0.133. The number of hydrogen-bond donors (Lipinski definition) is 2. The minimum Gasteiger partial charge on any atom is -0.317 e. The summed E-state index contributed by atoms with van der Waals surface area (Å²) < 4.78 is 0. The quantitative estimate of drug-likeness (QED) is 0.853. The molecule has 0 aliphatic rings. The Balaban J connectivity index is 2.14. The second-order valence-corrected chi connectivity index (χ2v) is 5.17. The molecule has 2 rings (SSSR count). The summed E-state index contributed by atoms with van der Waals surface area (Å²) in [5.41, 5.74) is 2.56. The van der Waals surface area contributed by atoms with Crippen LogP contribution in [0.5, 0.6) is 0 Å². The van der Waals surface area contributed by atoms with E-state index in [0.717, 1.165) is 11.1 Å². The number of aromatic nitrogens is 2. The van der Waals surface area contributed by atoms with Gasteiger partial charge in [0.05, 0.1) is 0 Å². The SMILES string of the molecule is Cc1cccc(C(C)C)c1NC(=O)C(=O)Nc1ncccn1. The zero-order chi connectivity index (χ0) is 16.1. The molecule has 0 aliphatic heterocycles. The lowest BCUT2D eigenvalue weighted by Crippen LogP contribution is -2.30. The Labute approximate surface area is 129 Å². The Hall–Kier alpha value is -2.76. The molecule has 2 amide bonds. The maximum atomic E-state index is 12.1. The van der Waals surface area contributed by atoms with Crippen molar-refractivity contribution in [2.75, 3.05) is 10.6 Å². The Bertz CT molecular complexity index is 684.